The molecule has 1 fully saturated rings. The molecule has 0 saturated carbocycles. The Balaban J connectivity index is 1.88. The van der Waals surface area contributed by atoms with Crippen molar-refractivity contribution in [2.24, 2.45) is 0 Å². The molecule has 2 N–H and O–H groups in total. The van der Waals surface area contributed by atoms with Crippen molar-refractivity contribution >= 4 is 17.7 Å². The number of aromatic nitrogens is 3. The van der Waals surface area contributed by atoms with E-state index < -0.39 is 36.7 Å². The van der Waals surface area contributed by atoms with Gasteiger partial charge in [0.2, 0.25) is 0 Å². The summed E-state index contributed by atoms with van der Waals surface area (Å²) in [5, 5.41) is 5.50. The topological polar surface area (TPSA) is 102 Å². The Morgan fingerprint density at radius 2 is 2.12 bits per heavy atom. The van der Waals surface area contributed by atoms with Gasteiger partial charge in [0.25, 0.3) is 12.3 Å². The Bertz CT molecular complexity index is 1040. The summed E-state index contributed by atoms with van der Waals surface area (Å²) in [4.78, 5) is 25.9. The molecule has 0 spiro atoms. The molecule has 178 valence electrons. The van der Waals surface area contributed by atoms with Gasteiger partial charge < -0.3 is 19.7 Å². The van der Waals surface area contributed by atoms with E-state index in [2.05, 4.69) is 30.3 Å². The molecule has 1 saturated heterocycles. The summed E-state index contributed by atoms with van der Waals surface area (Å²) >= 11 is 0. The molecule has 2 aliphatic heterocycles. The number of hydrogen-bond acceptors (Lipinski definition) is 8. The molecule has 2 aliphatic rings. The first kappa shape index (κ1) is 23.1. The lowest BCUT2D eigenvalue weighted by molar-refractivity contribution is -0.0697. The van der Waals surface area contributed by atoms with Crippen LogP contribution in [0.15, 0.2) is 18.5 Å². The second-order valence-electron chi connectivity index (χ2n) is 7.81. The molecule has 0 aliphatic carbocycles. The summed E-state index contributed by atoms with van der Waals surface area (Å²) in [7, 11) is 1.16. The standard InChI is InChI=1S/C20H22F4N6O3/c1-10-7-30(4-3-25-10)13-6-11(20(23,24)8-32-2)5-12(28-13)15-14-16(17(21)22)33-19(31)29-18(14)27-9-26-15/h5-6,9-10,16-17,25H,3-4,7-8H2,1-2H3,(H,26,27,29,31)/t10-,16+/m0/s1. The first-order valence-corrected chi connectivity index (χ1v) is 10.2. The minimum Gasteiger partial charge on any atom is -0.435 e. The average Bonchev–Trinajstić information content (AvgIpc) is 2.77. The second-order valence-corrected chi connectivity index (χ2v) is 7.81. The fraction of sp³-hybridized carbons (Fsp3) is 0.500. The summed E-state index contributed by atoms with van der Waals surface area (Å²) in [5.74, 6) is -3.32. The van der Waals surface area contributed by atoms with E-state index in [1.807, 2.05) is 11.8 Å². The van der Waals surface area contributed by atoms with E-state index in [0.29, 0.717) is 19.6 Å². The Hall–Kier alpha value is -3.06. The highest BCUT2D eigenvalue weighted by atomic mass is 19.3. The number of anilines is 2. The predicted molar refractivity (Wildman–Crippen MR) is 110 cm³/mol. The van der Waals surface area contributed by atoms with Gasteiger partial charge in [0.05, 0.1) is 11.3 Å². The maximum absolute atomic E-state index is 14.9. The Morgan fingerprint density at radius 3 is 2.82 bits per heavy atom. The van der Waals surface area contributed by atoms with Crippen LogP contribution >= 0.6 is 0 Å². The van der Waals surface area contributed by atoms with Gasteiger partial charge in [-0.2, -0.15) is 8.78 Å². The number of pyridine rings is 1. The zero-order chi connectivity index (χ0) is 23.8. The van der Waals surface area contributed by atoms with E-state index in [9.17, 15) is 22.4 Å². The molecule has 0 radical (unpaired) electrons. The highest BCUT2D eigenvalue weighted by Gasteiger charge is 2.39. The predicted octanol–water partition coefficient (Wildman–Crippen LogP) is 2.94. The van der Waals surface area contributed by atoms with Crippen LogP contribution in [-0.4, -0.2) is 66.9 Å². The maximum atomic E-state index is 14.9. The van der Waals surface area contributed by atoms with Gasteiger partial charge in [-0.3, -0.25) is 5.32 Å². The number of ether oxygens (including phenoxy) is 2. The molecule has 0 unspecified atom stereocenters. The van der Waals surface area contributed by atoms with Crippen molar-refractivity contribution in [3.63, 3.8) is 0 Å². The molecule has 0 bridgehead atoms. The van der Waals surface area contributed by atoms with Crippen LogP contribution in [0.5, 0.6) is 0 Å². The number of methoxy groups -OCH3 is 1. The van der Waals surface area contributed by atoms with Crippen molar-refractivity contribution in [3.8, 4) is 11.4 Å². The van der Waals surface area contributed by atoms with Gasteiger partial charge in [0.15, 0.2) is 6.10 Å². The first-order chi connectivity index (χ1) is 15.7. The average molecular weight is 470 g/mol. The quantitative estimate of drug-likeness (QED) is 0.622. The lowest BCUT2D eigenvalue weighted by Gasteiger charge is -2.33. The number of nitrogens with one attached hydrogen (secondary N) is 2. The zero-order valence-electron chi connectivity index (χ0n) is 17.8. The van der Waals surface area contributed by atoms with Crippen molar-refractivity contribution in [3.05, 3.63) is 29.6 Å². The summed E-state index contributed by atoms with van der Waals surface area (Å²) in [6.45, 7) is 2.70. The third-order valence-electron chi connectivity index (χ3n) is 5.35. The van der Waals surface area contributed by atoms with E-state index in [1.165, 1.54) is 6.07 Å². The summed E-state index contributed by atoms with van der Waals surface area (Å²) in [5.41, 5.74) is -0.845. The molecule has 2 aromatic rings. The minimum absolute atomic E-state index is 0.0755. The molecule has 1 amide bonds. The molecule has 33 heavy (non-hydrogen) atoms. The smallest absolute Gasteiger partial charge is 0.413 e. The summed E-state index contributed by atoms with van der Waals surface area (Å²) in [6, 6.07) is 2.43. The van der Waals surface area contributed by atoms with Gasteiger partial charge in [-0.15, -0.1) is 0 Å². The Labute approximate surface area is 186 Å². The van der Waals surface area contributed by atoms with Gasteiger partial charge in [0, 0.05) is 38.3 Å². The van der Waals surface area contributed by atoms with Crippen molar-refractivity contribution in [2.45, 2.75) is 31.4 Å². The largest absolute Gasteiger partial charge is 0.435 e. The van der Waals surface area contributed by atoms with Crippen LogP contribution in [0.4, 0.5) is 34.0 Å². The number of hydrogen-bond donors (Lipinski definition) is 2. The van der Waals surface area contributed by atoms with E-state index in [1.54, 1.807) is 0 Å². The maximum Gasteiger partial charge on any atom is 0.413 e. The minimum atomic E-state index is -3.37. The molecular formula is C20H22F4N6O3. The van der Waals surface area contributed by atoms with Crippen molar-refractivity contribution < 1.29 is 31.8 Å². The normalized spacial score (nSPS) is 20.9. The van der Waals surface area contributed by atoms with Crippen molar-refractivity contribution in [1.29, 1.82) is 0 Å². The Morgan fingerprint density at radius 1 is 1.33 bits per heavy atom. The van der Waals surface area contributed by atoms with Gasteiger partial charge in [-0.1, -0.05) is 0 Å². The lowest BCUT2D eigenvalue weighted by atomic mass is 10.0. The van der Waals surface area contributed by atoms with Crippen LogP contribution in [0.1, 0.15) is 24.2 Å². The number of halogens is 4. The summed E-state index contributed by atoms with van der Waals surface area (Å²) in [6.07, 6.45) is -5.12. The number of carbonyl (C=O) groups excluding carboxylic acids is 1. The number of piperazine rings is 1. The Kier molecular flexibility index (Phi) is 6.34. The monoisotopic (exact) mass is 470 g/mol. The molecule has 2 atom stereocenters. The van der Waals surface area contributed by atoms with Crippen LogP contribution in [0.3, 0.4) is 0 Å². The lowest BCUT2D eigenvalue weighted by Crippen LogP contribution is -2.49. The molecule has 4 heterocycles. The van der Waals surface area contributed by atoms with Crippen LogP contribution < -0.4 is 15.5 Å². The third kappa shape index (κ3) is 4.69. The number of amides is 1. The van der Waals surface area contributed by atoms with E-state index in [-0.39, 0.29) is 34.6 Å². The number of carbonyl (C=O) groups is 1. The van der Waals surface area contributed by atoms with E-state index in [0.717, 1.165) is 19.5 Å². The van der Waals surface area contributed by atoms with Crippen LogP contribution in [-0.2, 0) is 15.4 Å². The zero-order valence-corrected chi connectivity index (χ0v) is 17.8. The van der Waals surface area contributed by atoms with Crippen molar-refractivity contribution in [1.82, 2.24) is 20.3 Å². The highest BCUT2D eigenvalue weighted by Crippen LogP contribution is 2.40. The van der Waals surface area contributed by atoms with Crippen molar-refractivity contribution in [2.75, 3.05) is 43.6 Å². The van der Waals surface area contributed by atoms with E-state index >= 15 is 0 Å². The van der Waals surface area contributed by atoms with E-state index in [4.69, 9.17) is 4.74 Å². The molecule has 0 aromatic carbocycles. The SMILES string of the molecule is COCC(F)(F)c1cc(-c2ncnc3c2[C@H](C(F)F)OC(=O)N3)nc(N2CCN[C@@H](C)C2)c1. The fourth-order valence-corrected chi connectivity index (χ4v) is 3.86. The highest BCUT2D eigenvalue weighted by molar-refractivity contribution is 5.88. The number of alkyl halides is 4. The summed E-state index contributed by atoms with van der Waals surface area (Å²) < 4.78 is 66.6. The van der Waals surface area contributed by atoms with Gasteiger partial charge >= 0.3 is 6.09 Å². The van der Waals surface area contributed by atoms with Gasteiger partial charge in [0.1, 0.15) is 30.3 Å². The molecule has 2 aromatic heterocycles. The number of rotatable bonds is 6. The second kappa shape index (κ2) is 9.06. The number of nitrogens with zero attached hydrogens (tertiary/aromatic N) is 4. The molecular weight excluding hydrogens is 448 g/mol. The molecule has 9 nitrogen and oxygen atoms in total. The molecule has 4 rings (SSSR count). The van der Waals surface area contributed by atoms with Gasteiger partial charge in [-0.05, 0) is 19.1 Å². The van der Waals surface area contributed by atoms with Gasteiger partial charge in [-0.25, -0.2) is 28.5 Å². The first-order valence-electron chi connectivity index (χ1n) is 10.2. The molecule has 13 heteroatoms. The third-order valence-corrected chi connectivity index (χ3v) is 5.35. The van der Waals surface area contributed by atoms with Crippen LogP contribution in [0.2, 0.25) is 0 Å². The number of cyclic esters (lactones) is 1. The fourth-order valence-electron chi connectivity index (χ4n) is 3.86. The number of fused-ring (bicyclic) bond motifs is 1. The van der Waals surface area contributed by atoms with Crippen LogP contribution in [0.25, 0.3) is 11.4 Å². The van der Waals surface area contributed by atoms with Crippen LogP contribution in [0, 0.1) is 0 Å².